The molecule has 16 heteroatoms. The monoisotopic (exact) mass is 597 g/mol. The fraction of sp³-hybridized carbons (Fsp3) is 0.333. The van der Waals surface area contributed by atoms with Crippen LogP contribution in [0.3, 0.4) is 0 Å². The quantitative estimate of drug-likeness (QED) is 0.104. The highest BCUT2D eigenvalue weighted by molar-refractivity contribution is 5.96. The lowest BCUT2D eigenvalue weighted by molar-refractivity contribution is -0.145. The lowest BCUT2D eigenvalue weighted by atomic mass is 9.92. The van der Waals surface area contributed by atoms with Crippen molar-refractivity contribution in [1.82, 2.24) is 25.6 Å². The van der Waals surface area contributed by atoms with Gasteiger partial charge in [-0.1, -0.05) is 23.4 Å². The summed E-state index contributed by atoms with van der Waals surface area (Å²) < 4.78 is 11.8. The third-order valence-corrected chi connectivity index (χ3v) is 6.55. The number of aliphatic hydroxyl groups excluding tert-OH is 3. The number of carboxylic acids is 1. The van der Waals surface area contributed by atoms with Crippen LogP contribution in [-0.4, -0.2) is 103 Å². The third-order valence-electron chi connectivity index (χ3n) is 6.55. The van der Waals surface area contributed by atoms with Crippen LogP contribution in [0.2, 0.25) is 0 Å². The average molecular weight is 598 g/mol. The Labute approximate surface area is 244 Å². The van der Waals surface area contributed by atoms with E-state index in [2.05, 4.69) is 25.9 Å². The zero-order valence-corrected chi connectivity index (χ0v) is 23.1. The SMILES string of the molecule is COc1ccc2cc(-c3cn(CC(=O)NC(N)=N[C@H]4C=C(C(=O)O)O[C@@H]([C@H](O)[C@H](O)CO)[C@@H]4NC(C)=O)nn3)ccc2c1. The molecule has 2 amide bonds. The highest BCUT2D eigenvalue weighted by Crippen LogP contribution is 2.27. The molecule has 0 saturated heterocycles. The number of nitrogens with two attached hydrogens (primary N) is 1. The number of nitrogens with zero attached hydrogens (tertiary/aromatic N) is 4. The number of aliphatic carboxylic acids is 1. The minimum Gasteiger partial charge on any atom is -0.497 e. The normalized spacial score (nSPS) is 20.0. The smallest absolute Gasteiger partial charge is 0.370 e. The Kier molecular flexibility index (Phi) is 9.54. The summed E-state index contributed by atoms with van der Waals surface area (Å²) >= 11 is 0. The Bertz CT molecular complexity index is 1570. The number of carbonyl (C=O) groups excluding carboxylic acids is 2. The highest BCUT2D eigenvalue weighted by Gasteiger charge is 2.43. The predicted molar refractivity (Wildman–Crippen MR) is 150 cm³/mol. The Morgan fingerprint density at radius 1 is 1.19 bits per heavy atom. The summed E-state index contributed by atoms with van der Waals surface area (Å²) in [5.74, 6) is -3.10. The molecule has 1 aromatic heterocycles. The van der Waals surface area contributed by atoms with Gasteiger partial charge in [0.25, 0.3) is 0 Å². The van der Waals surface area contributed by atoms with E-state index in [-0.39, 0.29) is 6.54 Å². The second-order valence-electron chi connectivity index (χ2n) is 9.67. The first-order chi connectivity index (χ1) is 20.5. The zero-order valence-electron chi connectivity index (χ0n) is 23.1. The van der Waals surface area contributed by atoms with Crippen LogP contribution < -0.4 is 21.1 Å². The molecule has 8 N–H and O–H groups in total. The number of benzene rings is 2. The maximum absolute atomic E-state index is 12.7. The number of aromatic nitrogens is 3. The summed E-state index contributed by atoms with van der Waals surface area (Å²) in [6.45, 7) is -0.000990. The second kappa shape index (κ2) is 13.3. The van der Waals surface area contributed by atoms with E-state index >= 15 is 0 Å². The molecule has 43 heavy (non-hydrogen) atoms. The first-order valence-electron chi connectivity index (χ1n) is 13.0. The zero-order chi connectivity index (χ0) is 31.3. The number of aliphatic imine (C=N–C) groups is 1. The van der Waals surface area contributed by atoms with E-state index in [1.54, 1.807) is 13.3 Å². The van der Waals surface area contributed by atoms with Crippen LogP contribution in [0.15, 0.2) is 59.4 Å². The average Bonchev–Trinajstić information content (AvgIpc) is 3.44. The van der Waals surface area contributed by atoms with Crippen molar-refractivity contribution in [3.8, 4) is 17.0 Å². The van der Waals surface area contributed by atoms with Gasteiger partial charge in [-0.2, -0.15) is 0 Å². The summed E-state index contributed by atoms with van der Waals surface area (Å²) in [6, 6.07) is 8.89. The summed E-state index contributed by atoms with van der Waals surface area (Å²) in [5.41, 5.74) is 7.23. The van der Waals surface area contributed by atoms with Crippen LogP contribution in [0.5, 0.6) is 5.75 Å². The second-order valence-corrected chi connectivity index (χ2v) is 9.67. The molecule has 1 aliphatic rings. The summed E-state index contributed by atoms with van der Waals surface area (Å²) in [6.07, 6.45) is -2.47. The summed E-state index contributed by atoms with van der Waals surface area (Å²) in [4.78, 5) is 40.3. The van der Waals surface area contributed by atoms with E-state index in [4.69, 9.17) is 15.2 Å². The standard InChI is InChI=1S/C27H31N7O9/c1-13(36)29-23-18(9-21(26(40)41)43-25(23)24(39)20(37)12-35)30-27(28)31-22(38)11-34-10-19(32-33-34)16-4-3-15-8-17(42-2)6-5-14(15)7-16/h3-10,18,20,23-25,35,37,39H,11-12H2,1-2H3,(H,29,36)(H,40,41)(H3,28,30,31,38)/t18-,20+,23+,24+,25+/m0/s1. The van der Waals surface area contributed by atoms with E-state index < -0.39 is 66.5 Å². The predicted octanol–water partition coefficient (Wildman–Crippen LogP) is -1.51. The van der Waals surface area contributed by atoms with Crippen molar-refractivity contribution < 1.29 is 44.3 Å². The number of carboxylic acid groups (broad SMARTS) is 1. The van der Waals surface area contributed by atoms with Gasteiger partial charge in [-0.15, -0.1) is 5.10 Å². The third kappa shape index (κ3) is 7.42. The molecule has 0 fully saturated rings. The van der Waals surface area contributed by atoms with Crippen LogP contribution >= 0.6 is 0 Å². The van der Waals surface area contributed by atoms with E-state index in [9.17, 15) is 34.8 Å². The fourth-order valence-electron chi connectivity index (χ4n) is 4.50. The Hall–Kier alpha value is -5.06. The molecule has 2 aromatic carbocycles. The molecule has 0 bridgehead atoms. The number of nitrogens with one attached hydrogen (secondary N) is 2. The van der Waals surface area contributed by atoms with Crippen LogP contribution in [0.25, 0.3) is 22.0 Å². The molecule has 0 radical (unpaired) electrons. The molecule has 0 saturated carbocycles. The molecule has 2 heterocycles. The van der Waals surface area contributed by atoms with Gasteiger partial charge in [0, 0.05) is 12.5 Å². The highest BCUT2D eigenvalue weighted by atomic mass is 16.5. The van der Waals surface area contributed by atoms with Gasteiger partial charge < -0.3 is 41.0 Å². The molecule has 5 atom stereocenters. The van der Waals surface area contributed by atoms with E-state index in [1.807, 2.05) is 36.4 Å². The number of amides is 2. The van der Waals surface area contributed by atoms with E-state index in [1.165, 1.54) is 4.68 Å². The van der Waals surface area contributed by atoms with Crippen molar-refractivity contribution in [2.24, 2.45) is 10.7 Å². The van der Waals surface area contributed by atoms with Gasteiger partial charge in [-0.3, -0.25) is 14.9 Å². The number of fused-ring (bicyclic) bond motifs is 1. The number of guanidine groups is 1. The Morgan fingerprint density at radius 2 is 1.91 bits per heavy atom. The van der Waals surface area contributed by atoms with Crippen molar-refractivity contribution >= 4 is 34.5 Å². The summed E-state index contributed by atoms with van der Waals surface area (Å²) in [5, 5.41) is 54.0. The van der Waals surface area contributed by atoms with Crippen molar-refractivity contribution in [3.63, 3.8) is 0 Å². The van der Waals surface area contributed by atoms with Gasteiger partial charge in [0.2, 0.25) is 17.6 Å². The number of methoxy groups -OCH3 is 1. The van der Waals surface area contributed by atoms with Gasteiger partial charge in [0.15, 0.2) is 5.96 Å². The number of hydrogen-bond acceptors (Lipinski definition) is 11. The minimum atomic E-state index is -1.81. The number of hydrogen-bond donors (Lipinski definition) is 7. The molecule has 1 aliphatic heterocycles. The van der Waals surface area contributed by atoms with Gasteiger partial charge in [0.1, 0.15) is 36.3 Å². The van der Waals surface area contributed by atoms with Crippen LogP contribution in [0, 0.1) is 0 Å². The van der Waals surface area contributed by atoms with Crippen LogP contribution in [0.4, 0.5) is 0 Å². The molecule has 3 aromatic rings. The maximum Gasteiger partial charge on any atom is 0.370 e. The van der Waals surface area contributed by atoms with E-state index in [0.29, 0.717) is 5.69 Å². The summed E-state index contributed by atoms with van der Waals surface area (Å²) in [7, 11) is 1.59. The molecule has 0 unspecified atom stereocenters. The first-order valence-corrected chi connectivity index (χ1v) is 13.0. The lowest BCUT2D eigenvalue weighted by Crippen LogP contribution is -2.60. The van der Waals surface area contributed by atoms with Gasteiger partial charge in [-0.25, -0.2) is 14.5 Å². The minimum absolute atomic E-state index is 0.294. The molecular weight excluding hydrogens is 566 g/mol. The van der Waals surface area contributed by atoms with Crippen molar-refractivity contribution in [2.75, 3.05) is 13.7 Å². The van der Waals surface area contributed by atoms with Crippen LogP contribution in [-0.2, 0) is 25.7 Å². The van der Waals surface area contributed by atoms with Gasteiger partial charge >= 0.3 is 5.97 Å². The Balaban J connectivity index is 1.49. The van der Waals surface area contributed by atoms with Crippen molar-refractivity contribution in [2.45, 2.75) is 43.9 Å². The van der Waals surface area contributed by atoms with Crippen LogP contribution in [0.1, 0.15) is 6.92 Å². The number of ether oxygens (including phenoxy) is 2. The number of carbonyl (C=O) groups is 3. The van der Waals surface area contributed by atoms with Gasteiger partial charge in [-0.05, 0) is 35.0 Å². The largest absolute Gasteiger partial charge is 0.497 e. The van der Waals surface area contributed by atoms with E-state index in [0.717, 1.165) is 35.1 Å². The number of rotatable bonds is 10. The lowest BCUT2D eigenvalue weighted by Gasteiger charge is -2.38. The molecule has 16 nitrogen and oxygen atoms in total. The maximum atomic E-state index is 12.7. The van der Waals surface area contributed by atoms with Crippen molar-refractivity contribution in [1.29, 1.82) is 0 Å². The molecular formula is C27H31N7O9. The first kappa shape index (κ1) is 30.9. The molecule has 0 aliphatic carbocycles. The number of aliphatic hydroxyl groups is 3. The van der Waals surface area contributed by atoms with Gasteiger partial charge in [0.05, 0.1) is 32.0 Å². The van der Waals surface area contributed by atoms with Crippen molar-refractivity contribution in [3.05, 3.63) is 54.4 Å². The topological polar surface area (TPSA) is 244 Å². The molecule has 4 rings (SSSR count). The fourth-order valence-corrected chi connectivity index (χ4v) is 4.50. The molecule has 0 spiro atoms. The Morgan fingerprint density at radius 3 is 2.58 bits per heavy atom. The molecule has 228 valence electrons.